The lowest BCUT2D eigenvalue weighted by Crippen LogP contribution is -2.29. The second-order valence-corrected chi connectivity index (χ2v) is 6.05. The summed E-state index contributed by atoms with van der Waals surface area (Å²) in [5.41, 5.74) is 1.75. The van der Waals surface area contributed by atoms with E-state index in [1.165, 1.54) is 18.4 Å². The van der Waals surface area contributed by atoms with Gasteiger partial charge < -0.3 is 5.32 Å². The summed E-state index contributed by atoms with van der Waals surface area (Å²) in [5.74, 6) is 0.772. The van der Waals surface area contributed by atoms with E-state index in [1.807, 2.05) is 12.1 Å². The fourth-order valence-electron chi connectivity index (χ4n) is 2.41. The van der Waals surface area contributed by atoms with Gasteiger partial charge in [-0.2, -0.15) is 0 Å². The van der Waals surface area contributed by atoms with E-state index in [9.17, 15) is 0 Å². The zero-order chi connectivity index (χ0) is 12.5. The lowest BCUT2D eigenvalue weighted by molar-refractivity contribution is 0.325. The van der Waals surface area contributed by atoms with Gasteiger partial charge in [0.25, 0.3) is 0 Å². The normalized spacial score (nSPS) is 19.4. The minimum atomic E-state index is 0.333. The van der Waals surface area contributed by atoms with E-state index in [0.29, 0.717) is 11.5 Å². The maximum atomic E-state index is 6.21. The van der Waals surface area contributed by atoms with Crippen molar-refractivity contribution in [1.29, 1.82) is 0 Å². The molecule has 1 aliphatic carbocycles. The first-order valence-electron chi connectivity index (χ1n) is 6.53. The molecule has 1 aromatic rings. The average molecular weight is 252 g/mol. The number of nitrogens with one attached hydrogen (secondary N) is 1. The minimum absolute atomic E-state index is 0.333. The van der Waals surface area contributed by atoms with E-state index in [0.717, 1.165) is 17.5 Å². The molecule has 1 saturated carbocycles. The van der Waals surface area contributed by atoms with Crippen LogP contribution in [0.5, 0.6) is 0 Å². The molecule has 0 saturated heterocycles. The smallest absolute Gasteiger partial charge is 0.0453 e. The molecule has 1 aliphatic rings. The van der Waals surface area contributed by atoms with Crippen LogP contribution in [0.2, 0.25) is 5.02 Å². The van der Waals surface area contributed by atoms with Crippen molar-refractivity contribution in [2.24, 2.45) is 11.3 Å². The number of benzene rings is 1. The van der Waals surface area contributed by atoms with Crippen molar-refractivity contribution in [1.82, 2.24) is 5.32 Å². The Morgan fingerprint density at radius 3 is 2.41 bits per heavy atom. The van der Waals surface area contributed by atoms with Crippen molar-refractivity contribution in [2.75, 3.05) is 6.54 Å². The van der Waals surface area contributed by atoms with E-state index in [2.05, 4.69) is 38.2 Å². The molecule has 0 heterocycles. The van der Waals surface area contributed by atoms with Crippen LogP contribution in [-0.4, -0.2) is 6.54 Å². The van der Waals surface area contributed by atoms with Gasteiger partial charge in [-0.05, 0) is 42.7 Å². The van der Waals surface area contributed by atoms with Gasteiger partial charge in [-0.3, -0.25) is 0 Å². The quantitative estimate of drug-likeness (QED) is 0.817. The van der Waals surface area contributed by atoms with Gasteiger partial charge in [0.2, 0.25) is 0 Å². The van der Waals surface area contributed by atoms with Crippen LogP contribution >= 0.6 is 11.6 Å². The first-order valence-corrected chi connectivity index (χ1v) is 6.91. The van der Waals surface area contributed by atoms with Crippen LogP contribution in [0.4, 0.5) is 0 Å². The Bertz CT molecular complexity index is 382. The summed E-state index contributed by atoms with van der Waals surface area (Å²) in [4.78, 5) is 0. The molecule has 1 N–H and O–H groups in total. The fraction of sp³-hybridized carbons (Fsp3) is 0.600. The first-order chi connectivity index (χ1) is 8.05. The Balaban J connectivity index is 1.94. The summed E-state index contributed by atoms with van der Waals surface area (Å²) < 4.78 is 0. The summed E-state index contributed by atoms with van der Waals surface area (Å²) in [5, 5.41) is 4.50. The van der Waals surface area contributed by atoms with Gasteiger partial charge in [-0.25, -0.2) is 0 Å². The topological polar surface area (TPSA) is 12.0 Å². The molecule has 1 nitrogen and oxygen atoms in total. The van der Waals surface area contributed by atoms with Gasteiger partial charge in [0, 0.05) is 17.6 Å². The van der Waals surface area contributed by atoms with E-state index in [1.54, 1.807) is 0 Å². The summed E-state index contributed by atoms with van der Waals surface area (Å²) in [6.07, 6.45) is 2.74. The van der Waals surface area contributed by atoms with Gasteiger partial charge in [-0.1, -0.05) is 43.6 Å². The van der Waals surface area contributed by atoms with E-state index < -0.39 is 0 Å². The molecular weight excluding hydrogens is 230 g/mol. The fourth-order valence-corrected chi connectivity index (χ4v) is 2.71. The Hall–Kier alpha value is -0.530. The van der Waals surface area contributed by atoms with E-state index >= 15 is 0 Å². The van der Waals surface area contributed by atoms with Crippen molar-refractivity contribution in [3.8, 4) is 0 Å². The highest BCUT2D eigenvalue weighted by molar-refractivity contribution is 6.31. The molecule has 2 rings (SSSR count). The molecule has 1 aromatic carbocycles. The Morgan fingerprint density at radius 2 is 1.88 bits per heavy atom. The Kier molecular flexibility index (Phi) is 3.79. The third-order valence-electron chi connectivity index (χ3n) is 4.25. The van der Waals surface area contributed by atoms with Crippen LogP contribution in [0, 0.1) is 11.3 Å². The van der Waals surface area contributed by atoms with Crippen LogP contribution in [0.15, 0.2) is 24.3 Å². The lowest BCUT2D eigenvalue weighted by atomic mass is 9.92. The van der Waals surface area contributed by atoms with Gasteiger partial charge in [0.05, 0.1) is 0 Å². The van der Waals surface area contributed by atoms with Crippen molar-refractivity contribution in [3.63, 3.8) is 0 Å². The third kappa shape index (κ3) is 2.83. The minimum Gasteiger partial charge on any atom is -0.310 e. The summed E-state index contributed by atoms with van der Waals surface area (Å²) in [7, 11) is 0. The zero-order valence-electron chi connectivity index (χ0n) is 11.0. The van der Waals surface area contributed by atoms with Gasteiger partial charge in [0.1, 0.15) is 0 Å². The monoisotopic (exact) mass is 251 g/mol. The lowest BCUT2D eigenvalue weighted by Gasteiger charge is -2.23. The Labute approximate surface area is 110 Å². The highest BCUT2D eigenvalue weighted by Crippen LogP contribution is 2.51. The maximum absolute atomic E-state index is 6.21. The molecule has 94 valence electrons. The van der Waals surface area contributed by atoms with Crippen LogP contribution in [-0.2, 0) is 0 Å². The Morgan fingerprint density at radius 1 is 1.24 bits per heavy atom. The van der Waals surface area contributed by atoms with Crippen molar-refractivity contribution >= 4 is 11.6 Å². The molecule has 2 heteroatoms. The van der Waals surface area contributed by atoms with E-state index in [4.69, 9.17) is 11.6 Å². The van der Waals surface area contributed by atoms with Crippen molar-refractivity contribution in [3.05, 3.63) is 34.9 Å². The zero-order valence-corrected chi connectivity index (χ0v) is 11.7. The van der Waals surface area contributed by atoms with Crippen LogP contribution in [0.1, 0.15) is 45.2 Å². The molecule has 0 spiro atoms. The molecule has 0 amide bonds. The molecule has 0 bridgehead atoms. The predicted molar refractivity (Wildman–Crippen MR) is 74.4 cm³/mol. The van der Waals surface area contributed by atoms with Crippen LogP contribution < -0.4 is 5.32 Å². The molecule has 17 heavy (non-hydrogen) atoms. The summed E-state index contributed by atoms with van der Waals surface area (Å²) in [6, 6.07) is 8.43. The van der Waals surface area contributed by atoms with E-state index in [-0.39, 0.29) is 0 Å². The summed E-state index contributed by atoms with van der Waals surface area (Å²) in [6.45, 7) is 7.96. The largest absolute Gasteiger partial charge is 0.310 e. The highest BCUT2D eigenvalue weighted by Gasteiger charge is 2.44. The van der Waals surface area contributed by atoms with Crippen molar-refractivity contribution in [2.45, 2.75) is 39.7 Å². The number of hydrogen-bond acceptors (Lipinski definition) is 1. The average Bonchev–Trinajstić information content (AvgIpc) is 3.07. The SMILES string of the molecule is CC(NCC1(C(C)C)CC1)c1ccccc1Cl. The third-order valence-corrected chi connectivity index (χ3v) is 4.59. The molecule has 1 atom stereocenters. The standard InChI is InChI=1S/C15H22ClN/c1-11(2)15(8-9-15)10-17-12(3)13-6-4-5-7-14(13)16/h4-7,11-12,17H,8-10H2,1-3H3. The predicted octanol–water partition coefficient (Wildman–Crippen LogP) is 4.43. The number of rotatable bonds is 5. The van der Waals surface area contributed by atoms with Gasteiger partial charge >= 0.3 is 0 Å². The molecule has 0 aliphatic heterocycles. The molecule has 0 radical (unpaired) electrons. The van der Waals surface area contributed by atoms with Crippen LogP contribution in [0.25, 0.3) is 0 Å². The van der Waals surface area contributed by atoms with Crippen LogP contribution in [0.3, 0.4) is 0 Å². The molecule has 0 aromatic heterocycles. The maximum Gasteiger partial charge on any atom is 0.0453 e. The second-order valence-electron chi connectivity index (χ2n) is 5.64. The highest BCUT2D eigenvalue weighted by atomic mass is 35.5. The molecular formula is C15H22ClN. The first kappa shape index (κ1) is 12.9. The number of hydrogen-bond donors (Lipinski definition) is 1. The second kappa shape index (κ2) is 4.99. The molecule has 1 fully saturated rings. The van der Waals surface area contributed by atoms with Crippen molar-refractivity contribution < 1.29 is 0 Å². The van der Waals surface area contributed by atoms with Gasteiger partial charge in [-0.15, -0.1) is 0 Å². The number of halogens is 1. The van der Waals surface area contributed by atoms with Gasteiger partial charge in [0.15, 0.2) is 0 Å². The molecule has 1 unspecified atom stereocenters. The summed E-state index contributed by atoms with van der Waals surface area (Å²) >= 11 is 6.21.